The van der Waals surface area contributed by atoms with E-state index in [4.69, 9.17) is 4.74 Å². The highest BCUT2D eigenvalue weighted by atomic mass is 19.4. The Kier molecular flexibility index (Phi) is 4.60. The predicted molar refractivity (Wildman–Crippen MR) is 69.9 cm³/mol. The standard InChI is InChI=1S/C14H17F5N2O/c1-9-5-13(15,16)8-21(2)11(9)7-22-12-4-3-10(6-20-12)14(17,18)19/h3-4,6,9,11H,5,7-8H2,1-2H3/t9-,11?/m1/s1. The molecular formula is C14H17F5N2O. The Balaban J connectivity index is 1.95. The number of rotatable bonds is 3. The maximum Gasteiger partial charge on any atom is 0.417 e. The Bertz CT molecular complexity index is 489. The summed E-state index contributed by atoms with van der Waals surface area (Å²) in [6.45, 7) is 1.45. The van der Waals surface area contributed by atoms with Gasteiger partial charge in [-0.15, -0.1) is 0 Å². The van der Waals surface area contributed by atoms with Crippen LogP contribution in [0.1, 0.15) is 18.9 Å². The number of nitrogens with zero attached hydrogens (tertiary/aromatic N) is 2. The fraction of sp³-hybridized carbons (Fsp3) is 0.643. The van der Waals surface area contributed by atoms with Crippen LogP contribution in [0.2, 0.25) is 0 Å². The molecule has 8 heteroatoms. The Morgan fingerprint density at radius 3 is 2.55 bits per heavy atom. The van der Waals surface area contributed by atoms with Crippen LogP contribution in [0.5, 0.6) is 5.88 Å². The van der Waals surface area contributed by atoms with E-state index in [-0.39, 0.29) is 37.4 Å². The van der Waals surface area contributed by atoms with Gasteiger partial charge < -0.3 is 4.74 Å². The van der Waals surface area contributed by atoms with E-state index in [2.05, 4.69) is 4.98 Å². The maximum absolute atomic E-state index is 13.4. The minimum absolute atomic E-state index is 0.0472. The van der Waals surface area contributed by atoms with Crippen LogP contribution in [0, 0.1) is 5.92 Å². The van der Waals surface area contributed by atoms with Gasteiger partial charge in [0.1, 0.15) is 6.61 Å². The maximum atomic E-state index is 13.4. The van der Waals surface area contributed by atoms with E-state index in [1.165, 1.54) is 4.90 Å². The van der Waals surface area contributed by atoms with Crippen molar-refractivity contribution in [3.05, 3.63) is 23.9 Å². The van der Waals surface area contributed by atoms with Gasteiger partial charge in [0.2, 0.25) is 5.88 Å². The molecule has 0 aliphatic carbocycles. The van der Waals surface area contributed by atoms with E-state index in [1.807, 2.05) is 0 Å². The zero-order chi connectivity index (χ0) is 16.5. The predicted octanol–water partition coefficient (Wildman–Crippen LogP) is 3.45. The second-order valence-corrected chi connectivity index (χ2v) is 5.71. The number of likely N-dealkylation sites (N-methyl/N-ethyl adjacent to an activating group) is 1. The molecule has 2 atom stereocenters. The largest absolute Gasteiger partial charge is 0.476 e. The Labute approximate surface area is 125 Å². The van der Waals surface area contributed by atoms with Gasteiger partial charge in [-0.05, 0) is 19.0 Å². The molecule has 1 aromatic rings. The number of aromatic nitrogens is 1. The van der Waals surface area contributed by atoms with Crippen molar-refractivity contribution in [1.82, 2.24) is 9.88 Å². The Morgan fingerprint density at radius 2 is 2.05 bits per heavy atom. The van der Waals surface area contributed by atoms with E-state index >= 15 is 0 Å². The quantitative estimate of drug-likeness (QED) is 0.796. The second kappa shape index (κ2) is 5.98. The Morgan fingerprint density at radius 1 is 1.36 bits per heavy atom. The van der Waals surface area contributed by atoms with Gasteiger partial charge in [-0.3, -0.25) is 4.90 Å². The van der Waals surface area contributed by atoms with Crippen LogP contribution in [0.25, 0.3) is 0 Å². The molecule has 0 radical (unpaired) electrons. The fourth-order valence-electron chi connectivity index (χ4n) is 2.68. The molecule has 2 heterocycles. The number of piperidine rings is 1. The topological polar surface area (TPSA) is 25.4 Å². The highest BCUT2D eigenvalue weighted by molar-refractivity contribution is 5.20. The average molecular weight is 324 g/mol. The Hall–Kier alpha value is -1.44. The van der Waals surface area contributed by atoms with E-state index in [1.54, 1.807) is 14.0 Å². The molecule has 1 saturated heterocycles. The monoisotopic (exact) mass is 324 g/mol. The number of halogens is 5. The molecule has 0 bridgehead atoms. The van der Waals surface area contributed by atoms with Crippen molar-refractivity contribution in [2.45, 2.75) is 31.5 Å². The first-order valence-electron chi connectivity index (χ1n) is 6.82. The highest BCUT2D eigenvalue weighted by Gasteiger charge is 2.42. The second-order valence-electron chi connectivity index (χ2n) is 5.71. The van der Waals surface area contributed by atoms with Gasteiger partial charge in [0.25, 0.3) is 5.92 Å². The number of hydrogen-bond acceptors (Lipinski definition) is 3. The number of pyridine rings is 1. The van der Waals surface area contributed by atoms with E-state index in [0.717, 1.165) is 12.1 Å². The van der Waals surface area contributed by atoms with Crippen molar-refractivity contribution < 1.29 is 26.7 Å². The first-order chi connectivity index (χ1) is 10.1. The first kappa shape index (κ1) is 16.9. The van der Waals surface area contributed by atoms with Crippen LogP contribution in [0.3, 0.4) is 0 Å². The molecular weight excluding hydrogens is 307 g/mol. The van der Waals surface area contributed by atoms with Crippen molar-refractivity contribution in [3.63, 3.8) is 0 Å². The molecule has 1 unspecified atom stereocenters. The zero-order valence-corrected chi connectivity index (χ0v) is 12.2. The lowest BCUT2D eigenvalue weighted by molar-refractivity contribution is -0.137. The van der Waals surface area contributed by atoms with Crippen LogP contribution >= 0.6 is 0 Å². The SMILES string of the molecule is C[C@@H]1CC(F)(F)CN(C)C1COc1ccc(C(F)(F)F)cn1. The summed E-state index contributed by atoms with van der Waals surface area (Å²) in [7, 11) is 1.58. The van der Waals surface area contributed by atoms with Crippen molar-refractivity contribution in [1.29, 1.82) is 0 Å². The summed E-state index contributed by atoms with van der Waals surface area (Å²) in [5.74, 6) is -2.97. The van der Waals surface area contributed by atoms with Gasteiger partial charge in [-0.25, -0.2) is 13.8 Å². The van der Waals surface area contributed by atoms with Crippen LogP contribution in [-0.2, 0) is 6.18 Å². The van der Waals surface area contributed by atoms with Crippen LogP contribution < -0.4 is 4.74 Å². The van der Waals surface area contributed by atoms with E-state index < -0.39 is 17.7 Å². The fourth-order valence-corrected chi connectivity index (χ4v) is 2.68. The molecule has 1 aromatic heterocycles. The molecule has 3 nitrogen and oxygen atoms in total. The summed E-state index contributed by atoms with van der Waals surface area (Å²) in [5.41, 5.74) is -0.859. The smallest absolute Gasteiger partial charge is 0.417 e. The summed E-state index contributed by atoms with van der Waals surface area (Å²) >= 11 is 0. The number of alkyl halides is 5. The molecule has 124 valence electrons. The third kappa shape index (κ3) is 4.06. The summed E-state index contributed by atoms with van der Waals surface area (Å²) in [4.78, 5) is 5.11. The molecule has 0 aromatic carbocycles. The van der Waals surface area contributed by atoms with Gasteiger partial charge >= 0.3 is 6.18 Å². The third-order valence-corrected chi connectivity index (χ3v) is 3.79. The molecule has 1 aliphatic rings. The van der Waals surface area contributed by atoms with Crippen molar-refractivity contribution in [2.75, 3.05) is 20.2 Å². The summed E-state index contributed by atoms with van der Waals surface area (Å²) in [5, 5.41) is 0. The summed E-state index contributed by atoms with van der Waals surface area (Å²) in [6.07, 6.45) is -3.99. The number of hydrogen-bond donors (Lipinski definition) is 0. The lowest BCUT2D eigenvalue weighted by Crippen LogP contribution is -2.53. The van der Waals surface area contributed by atoms with E-state index in [9.17, 15) is 22.0 Å². The average Bonchev–Trinajstić information content (AvgIpc) is 2.35. The summed E-state index contributed by atoms with van der Waals surface area (Å²) in [6, 6.07) is 1.78. The normalized spacial score (nSPS) is 26.0. The minimum Gasteiger partial charge on any atom is -0.476 e. The van der Waals surface area contributed by atoms with Crippen molar-refractivity contribution in [2.24, 2.45) is 5.92 Å². The van der Waals surface area contributed by atoms with Crippen LogP contribution in [-0.4, -0.2) is 42.0 Å². The molecule has 0 saturated carbocycles. The molecule has 2 rings (SSSR count). The molecule has 0 spiro atoms. The lowest BCUT2D eigenvalue weighted by atomic mass is 9.89. The van der Waals surface area contributed by atoms with Crippen LogP contribution in [0.4, 0.5) is 22.0 Å². The highest BCUT2D eigenvalue weighted by Crippen LogP contribution is 2.34. The minimum atomic E-state index is -4.45. The van der Waals surface area contributed by atoms with Gasteiger partial charge in [-0.1, -0.05) is 6.92 Å². The molecule has 0 N–H and O–H groups in total. The number of ether oxygens (including phenoxy) is 1. The van der Waals surface area contributed by atoms with Gasteiger partial charge in [-0.2, -0.15) is 13.2 Å². The lowest BCUT2D eigenvalue weighted by Gasteiger charge is -2.41. The third-order valence-electron chi connectivity index (χ3n) is 3.79. The van der Waals surface area contributed by atoms with E-state index in [0.29, 0.717) is 6.20 Å². The first-order valence-corrected chi connectivity index (χ1v) is 6.82. The van der Waals surface area contributed by atoms with Crippen molar-refractivity contribution in [3.8, 4) is 5.88 Å². The molecule has 1 fully saturated rings. The molecule has 22 heavy (non-hydrogen) atoms. The van der Waals surface area contributed by atoms with Crippen molar-refractivity contribution >= 4 is 0 Å². The zero-order valence-electron chi connectivity index (χ0n) is 12.2. The molecule has 1 aliphatic heterocycles. The van der Waals surface area contributed by atoms with Gasteiger partial charge in [0, 0.05) is 24.7 Å². The van der Waals surface area contributed by atoms with Gasteiger partial charge in [0.05, 0.1) is 12.1 Å². The van der Waals surface area contributed by atoms with Crippen LogP contribution in [0.15, 0.2) is 18.3 Å². The molecule has 0 amide bonds. The number of likely N-dealkylation sites (tertiary alicyclic amines) is 1. The summed E-state index contributed by atoms with van der Waals surface area (Å²) < 4.78 is 69.4. The van der Waals surface area contributed by atoms with Gasteiger partial charge in [0.15, 0.2) is 0 Å².